The maximum Gasteiger partial charge on any atom is 0.310 e. The lowest BCUT2D eigenvalue weighted by molar-refractivity contribution is -0.142. The van der Waals surface area contributed by atoms with Gasteiger partial charge >= 0.3 is 5.97 Å². The summed E-state index contributed by atoms with van der Waals surface area (Å²) in [5.41, 5.74) is 9.26. The van der Waals surface area contributed by atoms with Crippen LogP contribution in [0.5, 0.6) is 5.75 Å². The molecule has 0 aliphatic carbocycles. The highest BCUT2D eigenvalue weighted by Gasteiger charge is 2.15. The zero-order valence-electron chi connectivity index (χ0n) is 20.8. The molecule has 0 bridgehead atoms. The number of halogens is 1. The lowest BCUT2D eigenvalue weighted by atomic mass is 10.00. The molecule has 3 aromatic carbocycles. The summed E-state index contributed by atoms with van der Waals surface area (Å²) < 4.78 is 26.2. The minimum atomic E-state index is -0.464. The van der Waals surface area contributed by atoms with Crippen molar-refractivity contribution in [1.82, 2.24) is 0 Å². The Morgan fingerprint density at radius 2 is 1.81 bits per heavy atom. The molecule has 0 saturated carbocycles. The molecule has 3 N–H and O–H groups in total. The van der Waals surface area contributed by atoms with Crippen molar-refractivity contribution >= 4 is 11.5 Å². The Kier molecular flexibility index (Phi) is 9.42. The first-order valence-electron chi connectivity index (χ1n) is 11.9. The Hall–Kier alpha value is -3.90. The summed E-state index contributed by atoms with van der Waals surface area (Å²) in [4.78, 5) is 12.2. The zero-order valence-corrected chi connectivity index (χ0v) is 20.8. The number of esters is 1. The number of carbonyl (C=O) groups excluding carboxylic acids is 1. The van der Waals surface area contributed by atoms with Crippen LogP contribution in [-0.2, 0) is 22.5 Å². The van der Waals surface area contributed by atoms with Crippen LogP contribution in [0, 0.1) is 5.82 Å². The van der Waals surface area contributed by atoms with Crippen molar-refractivity contribution < 1.29 is 23.8 Å². The molecule has 3 aromatic rings. The van der Waals surface area contributed by atoms with Gasteiger partial charge in [-0.15, -0.1) is 0 Å². The lowest BCUT2D eigenvalue weighted by Gasteiger charge is -2.17. The van der Waals surface area contributed by atoms with Crippen molar-refractivity contribution in [1.29, 1.82) is 0 Å². The summed E-state index contributed by atoms with van der Waals surface area (Å²) in [6, 6.07) is 20.5. The minimum Gasteiger partial charge on any atom is -0.512 e. The lowest BCUT2D eigenvalue weighted by Crippen LogP contribution is -2.13. The maximum absolute atomic E-state index is 14.9. The summed E-state index contributed by atoms with van der Waals surface area (Å²) in [6.07, 6.45) is 2.98. The van der Waals surface area contributed by atoms with Crippen LogP contribution in [0.15, 0.2) is 84.6 Å². The first-order chi connectivity index (χ1) is 17.3. The summed E-state index contributed by atoms with van der Waals surface area (Å²) in [7, 11) is 0. The third kappa shape index (κ3) is 6.83. The molecule has 0 fully saturated rings. The third-order valence-electron chi connectivity index (χ3n) is 5.64. The van der Waals surface area contributed by atoms with Gasteiger partial charge in [0.2, 0.25) is 0 Å². The fourth-order valence-electron chi connectivity index (χ4n) is 3.81. The van der Waals surface area contributed by atoms with Crippen LogP contribution < -0.4 is 10.5 Å². The molecule has 36 heavy (non-hydrogen) atoms. The molecule has 1 atom stereocenters. The Balaban J connectivity index is 1.90. The molecule has 0 aromatic heterocycles. The number of hydrogen-bond donors (Lipinski definition) is 2. The number of ether oxygens (including phenoxy) is 2. The first-order valence-corrected chi connectivity index (χ1v) is 11.9. The minimum absolute atomic E-state index is 0.0272. The Morgan fingerprint density at radius 1 is 1.06 bits per heavy atom. The standard InChI is InChI=1S/C30H32FNO4/c1-4-35-29(34)18-24-15-14-23(22-9-6-5-7-10-22)17-28(24)36-20(2)13-16-26(21(3)33)27-12-8-11-25(19-32)30(27)31/h5-17,20,33H,4,18-19,32H2,1-3H3/b16-13-,26-21-. The van der Waals surface area contributed by atoms with E-state index in [1.165, 1.54) is 6.92 Å². The predicted octanol–water partition coefficient (Wildman–Crippen LogP) is 6.37. The summed E-state index contributed by atoms with van der Waals surface area (Å²) in [5.74, 6) is -0.284. The maximum atomic E-state index is 14.9. The normalized spacial score (nSPS) is 12.8. The van der Waals surface area contributed by atoms with Crippen molar-refractivity contribution in [3.05, 3.63) is 107 Å². The number of aliphatic hydroxyl groups excluding tert-OH is 1. The molecule has 188 valence electrons. The Bertz CT molecular complexity index is 1250. The van der Waals surface area contributed by atoms with Crippen LogP contribution >= 0.6 is 0 Å². The van der Waals surface area contributed by atoms with Gasteiger partial charge in [-0.05, 0) is 44.0 Å². The average molecular weight is 490 g/mol. The Morgan fingerprint density at radius 3 is 2.47 bits per heavy atom. The highest BCUT2D eigenvalue weighted by molar-refractivity contribution is 5.76. The molecule has 6 heteroatoms. The molecule has 0 heterocycles. The Labute approximate surface area is 211 Å². The molecule has 0 radical (unpaired) electrons. The van der Waals surface area contributed by atoms with Gasteiger partial charge in [0.15, 0.2) is 0 Å². The molecule has 0 aliphatic heterocycles. The number of benzene rings is 3. The van der Waals surface area contributed by atoms with E-state index < -0.39 is 11.9 Å². The SMILES string of the molecule is CCOC(=O)Cc1ccc(-c2ccccc2)cc1OC(C)/C=C\C(=C(/C)O)c1cccc(CN)c1F. The third-order valence-corrected chi connectivity index (χ3v) is 5.64. The molecule has 0 saturated heterocycles. The van der Waals surface area contributed by atoms with E-state index in [1.807, 2.05) is 55.5 Å². The molecular formula is C30H32FNO4. The molecular weight excluding hydrogens is 457 g/mol. The van der Waals surface area contributed by atoms with Gasteiger partial charge in [-0.2, -0.15) is 0 Å². The van der Waals surface area contributed by atoms with E-state index in [2.05, 4.69) is 0 Å². The van der Waals surface area contributed by atoms with E-state index in [1.54, 1.807) is 37.3 Å². The monoisotopic (exact) mass is 489 g/mol. The second-order valence-corrected chi connectivity index (χ2v) is 8.33. The number of hydrogen-bond acceptors (Lipinski definition) is 5. The number of rotatable bonds is 10. The van der Waals surface area contributed by atoms with E-state index in [-0.39, 0.29) is 30.3 Å². The van der Waals surface area contributed by atoms with E-state index in [0.717, 1.165) is 11.1 Å². The van der Waals surface area contributed by atoms with Crippen LogP contribution in [0.2, 0.25) is 0 Å². The average Bonchev–Trinajstić information content (AvgIpc) is 2.86. The number of carbonyl (C=O) groups is 1. The van der Waals surface area contributed by atoms with E-state index in [9.17, 15) is 14.3 Å². The van der Waals surface area contributed by atoms with Crippen LogP contribution in [0.3, 0.4) is 0 Å². The predicted molar refractivity (Wildman–Crippen MR) is 141 cm³/mol. The fourth-order valence-corrected chi connectivity index (χ4v) is 3.81. The molecule has 0 spiro atoms. The van der Waals surface area contributed by atoms with E-state index in [4.69, 9.17) is 15.2 Å². The van der Waals surface area contributed by atoms with Crippen LogP contribution in [-0.4, -0.2) is 23.8 Å². The van der Waals surface area contributed by atoms with Gasteiger partial charge in [-0.1, -0.05) is 66.7 Å². The van der Waals surface area contributed by atoms with E-state index in [0.29, 0.717) is 29.1 Å². The molecule has 1 unspecified atom stereocenters. The van der Waals surface area contributed by atoms with Gasteiger partial charge in [0.05, 0.1) is 18.8 Å². The van der Waals surface area contributed by atoms with E-state index >= 15 is 0 Å². The van der Waals surface area contributed by atoms with Crippen molar-refractivity contribution in [2.24, 2.45) is 5.73 Å². The van der Waals surface area contributed by atoms with Crippen molar-refractivity contribution in [3.8, 4) is 16.9 Å². The summed E-state index contributed by atoms with van der Waals surface area (Å²) in [6.45, 7) is 5.45. The summed E-state index contributed by atoms with van der Waals surface area (Å²) in [5, 5.41) is 10.3. The quantitative estimate of drug-likeness (QED) is 0.196. The van der Waals surface area contributed by atoms with Crippen LogP contribution in [0.1, 0.15) is 37.5 Å². The topological polar surface area (TPSA) is 81.8 Å². The van der Waals surface area contributed by atoms with Crippen molar-refractivity contribution in [2.45, 2.75) is 39.8 Å². The largest absolute Gasteiger partial charge is 0.512 e. The van der Waals surface area contributed by atoms with Gasteiger partial charge < -0.3 is 20.3 Å². The second-order valence-electron chi connectivity index (χ2n) is 8.33. The molecule has 3 rings (SSSR count). The zero-order chi connectivity index (χ0) is 26.1. The second kappa shape index (κ2) is 12.7. The molecule has 0 amide bonds. The van der Waals surface area contributed by atoms with Gasteiger partial charge in [0, 0.05) is 28.8 Å². The van der Waals surface area contributed by atoms with Gasteiger partial charge in [0.25, 0.3) is 0 Å². The van der Waals surface area contributed by atoms with Crippen LogP contribution in [0.25, 0.3) is 16.7 Å². The molecule has 0 aliphatic rings. The van der Waals surface area contributed by atoms with Crippen molar-refractivity contribution in [3.63, 3.8) is 0 Å². The van der Waals surface area contributed by atoms with Crippen LogP contribution in [0.4, 0.5) is 4.39 Å². The molecule has 5 nitrogen and oxygen atoms in total. The van der Waals surface area contributed by atoms with Gasteiger partial charge in [0.1, 0.15) is 17.7 Å². The van der Waals surface area contributed by atoms with Gasteiger partial charge in [-0.25, -0.2) is 4.39 Å². The number of aliphatic hydroxyl groups is 1. The number of allylic oxidation sites excluding steroid dienone is 3. The first kappa shape index (κ1) is 26.7. The smallest absolute Gasteiger partial charge is 0.310 e. The van der Waals surface area contributed by atoms with Crippen molar-refractivity contribution in [2.75, 3.05) is 6.61 Å². The summed E-state index contributed by atoms with van der Waals surface area (Å²) >= 11 is 0. The van der Waals surface area contributed by atoms with Gasteiger partial charge in [-0.3, -0.25) is 4.79 Å². The number of nitrogens with two attached hydrogens (primary N) is 1. The fraction of sp³-hybridized carbons (Fsp3) is 0.233. The highest BCUT2D eigenvalue weighted by atomic mass is 19.1. The highest BCUT2D eigenvalue weighted by Crippen LogP contribution is 2.30.